The highest BCUT2D eigenvalue weighted by molar-refractivity contribution is 7.80. The molecule has 0 aliphatic carbocycles. The summed E-state index contributed by atoms with van der Waals surface area (Å²) < 4.78 is 13.3. The average Bonchev–Trinajstić information content (AvgIpc) is 2.71. The van der Waals surface area contributed by atoms with Crippen molar-refractivity contribution in [3.63, 3.8) is 0 Å². The first kappa shape index (κ1) is 22.0. The number of aryl methyl sites for hydroxylation is 2. The lowest BCUT2D eigenvalue weighted by atomic mass is 10.0. The van der Waals surface area contributed by atoms with Crippen LogP contribution in [0, 0.1) is 25.6 Å². The molecule has 0 aliphatic heterocycles. The zero-order chi connectivity index (χ0) is 21.8. The van der Waals surface area contributed by atoms with Crippen LogP contribution in [0.15, 0.2) is 47.3 Å². The molecule has 6 heteroatoms. The van der Waals surface area contributed by atoms with Gasteiger partial charge >= 0.3 is 0 Å². The largest absolute Gasteiger partial charge is 0.362 e. The Morgan fingerprint density at radius 2 is 1.83 bits per heavy atom. The lowest BCUT2D eigenvalue weighted by molar-refractivity contribution is 0.394. The fraction of sp³-hybridized carbons (Fsp3) is 0.333. The first-order valence-corrected chi connectivity index (χ1v) is 10.5. The van der Waals surface area contributed by atoms with Crippen LogP contribution in [-0.4, -0.2) is 21.5 Å². The molecule has 30 heavy (non-hydrogen) atoms. The number of hydrogen-bond acceptors (Lipinski definition) is 2. The minimum atomic E-state index is -0.276. The quantitative estimate of drug-likeness (QED) is 0.556. The average molecular weight is 426 g/mol. The first-order chi connectivity index (χ1) is 14.2. The number of benzene rings is 2. The molecule has 2 N–H and O–H groups in total. The Kier molecular flexibility index (Phi) is 6.87. The van der Waals surface area contributed by atoms with E-state index in [1.807, 2.05) is 30.9 Å². The van der Waals surface area contributed by atoms with Crippen LogP contribution in [0.5, 0.6) is 0 Å². The van der Waals surface area contributed by atoms with E-state index in [0.29, 0.717) is 29.7 Å². The number of nitrogens with zero attached hydrogens (tertiary/aromatic N) is 1. The van der Waals surface area contributed by atoms with Crippen LogP contribution in [0.2, 0.25) is 0 Å². The zero-order valence-electron chi connectivity index (χ0n) is 17.9. The van der Waals surface area contributed by atoms with Crippen LogP contribution in [0.4, 0.5) is 4.39 Å². The molecule has 0 fully saturated rings. The van der Waals surface area contributed by atoms with Gasteiger partial charge in [0.2, 0.25) is 0 Å². The molecule has 3 rings (SSSR count). The zero-order valence-corrected chi connectivity index (χ0v) is 18.7. The minimum absolute atomic E-state index is 0.119. The number of thiocarbonyl (C=S) groups is 1. The van der Waals surface area contributed by atoms with Gasteiger partial charge in [-0.05, 0) is 72.3 Å². The fourth-order valence-corrected chi connectivity index (χ4v) is 3.52. The number of nitrogens with one attached hydrogen (secondary N) is 2. The molecule has 1 heterocycles. The van der Waals surface area contributed by atoms with E-state index >= 15 is 0 Å². The van der Waals surface area contributed by atoms with Crippen molar-refractivity contribution in [2.75, 3.05) is 6.54 Å². The van der Waals surface area contributed by atoms with Crippen molar-refractivity contribution < 1.29 is 4.39 Å². The van der Waals surface area contributed by atoms with Crippen LogP contribution in [0.3, 0.4) is 0 Å². The minimum Gasteiger partial charge on any atom is -0.362 e. The second kappa shape index (κ2) is 9.39. The molecule has 0 bridgehead atoms. The van der Waals surface area contributed by atoms with E-state index in [9.17, 15) is 9.18 Å². The van der Waals surface area contributed by atoms with Crippen molar-refractivity contribution in [2.45, 2.75) is 40.8 Å². The van der Waals surface area contributed by atoms with Gasteiger partial charge < -0.3 is 15.2 Å². The maximum atomic E-state index is 13.3. The molecule has 0 aliphatic rings. The van der Waals surface area contributed by atoms with Crippen molar-refractivity contribution in [3.8, 4) is 0 Å². The van der Waals surface area contributed by atoms with E-state index in [0.717, 1.165) is 34.1 Å². The molecule has 0 spiro atoms. The summed E-state index contributed by atoms with van der Waals surface area (Å²) in [7, 11) is 0. The fourth-order valence-electron chi connectivity index (χ4n) is 3.31. The van der Waals surface area contributed by atoms with E-state index in [2.05, 4.69) is 30.2 Å². The van der Waals surface area contributed by atoms with Crippen LogP contribution in [-0.2, 0) is 13.1 Å². The van der Waals surface area contributed by atoms with Crippen molar-refractivity contribution in [1.82, 2.24) is 15.2 Å². The van der Waals surface area contributed by atoms with Crippen molar-refractivity contribution >= 4 is 28.2 Å². The van der Waals surface area contributed by atoms with Crippen LogP contribution < -0.4 is 10.9 Å². The second-order valence-electron chi connectivity index (χ2n) is 8.16. The van der Waals surface area contributed by atoms with Gasteiger partial charge in [0.05, 0.1) is 12.1 Å². The van der Waals surface area contributed by atoms with Gasteiger partial charge in [-0.15, -0.1) is 0 Å². The number of halogens is 1. The molecule has 2 aromatic carbocycles. The molecule has 0 saturated heterocycles. The predicted octanol–water partition coefficient (Wildman–Crippen LogP) is 4.82. The predicted molar refractivity (Wildman–Crippen MR) is 125 cm³/mol. The number of aromatic amines is 1. The topological polar surface area (TPSA) is 48.1 Å². The van der Waals surface area contributed by atoms with Gasteiger partial charge in [-0.1, -0.05) is 38.1 Å². The number of H-pyrrole nitrogens is 1. The Morgan fingerprint density at radius 3 is 2.50 bits per heavy atom. The Balaban J connectivity index is 1.92. The van der Waals surface area contributed by atoms with Gasteiger partial charge in [-0.3, -0.25) is 4.79 Å². The summed E-state index contributed by atoms with van der Waals surface area (Å²) in [4.78, 5) is 17.8. The van der Waals surface area contributed by atoms with Gasteiger partial charge in [-0.25, -0.2) is 4.39 Å². The molecule has 158 valence electrons. The highest BCUT2D eigenvalue weighted by Crippen LogP contribution is 2.20. The Morgan fingerprint density at radius 1 is 1.13 bits per heavy atom. The highest BCUT2D eigenvalue weighted by Gasteiger charge is 2.15. The normalized spacial score (nSPS) is 11.1. The summed E-state index contributed by atoms with van der Waals surface area (Å²) >= 11 is 5.62. The smallest absolute Gasteiger partial charge is 0.253 e. The molecular weight excluding hydrogens is 397 g/mol. The standard InChI is InChI=1S/C24H28FN3OS/c1-15(2)12-26-24(30)28(13-18-6-9-21(25)10-7-18)14-20-11-19-8-5-16(3)17(4)22(19)27-23(20)29/h5-11,15H,12-14H2,1-4H3,(H,26,30)(H,27,29). The number of pyridine rings is 1. The molecule has 0 radical (unpaired) electrons. The maximum Gasteiger partial charge on any atom is 0.253 e. The molecule has 3 aromatic rings. The van der Waals surface area contributed by atoms with Gasteiger partial charge in [0.25, 0.3) is 5.56 Å². The van der Waals surface area contributed by atoms with E-state index in [1.54, 1.807) is 12.1 Å². The summed E-state index contributed by atoms with van der Waals surface area (Å²) in [6, 6.07) is 12.4. The number of rotatable bonds is 6. The van der Waals surface area contributed by atoms with Gasteiger partial charge in [0.1, 0.15) is 5.82 Å². The second-order valence-corrected chi connectivity index (χ2v) is 8.54. The van der Waals surface area contributed by atoms with E-state index in [1.165, 1.54) is 12.1 Å². The molecule has 0 amide bonds. The van der Waals surface area contributed by atoms with Crippen molar-refractivity contribution in [1.29, 1.82) is 0 Å². The SMILES string of the molecule is Cc1ccc2cc(CN(Cc3ccc(F)cc3)C(=S)NCC(C)C)c(=O)[nH]c2c1C. The van der Waals surface area contributed by atoms with E-state index in [-0.39, 0.29) is 11.4 Å². The molecule has 0 atom stereocenters. The van der Waals surface area contributed by atoms with E-state index in [4.69, 9.17) is 12.2 Å². The first-order valence-electron chi connectivity index (χ1n) is 10.1. The number of hydrogen-bond donors (Lipinski definition) is 2. The van der Waals surface area contributed by atoms with Crippen LogP contribution >= 0.6 is 12.2 Å². The Bertz CT molecular complexity index is 1110. The third-order valence-corrected chi connectivity index (χ3v) is 5.63. The van der Waals surface area contributed by atoms with Gasteiger partial charge in [-0.2, -0.15) is 0 Å². The van der Waals surface area contributed by atoms with E-state index < -0.39 is 0 Å². The molecule has 4 nitrogen and oxygen atoms in total. The highest BCUT2D eigenvalue weighted by atomic mass is 32.1. The van der Waals surface area contributed by atoms with Crippen molar-refractivity contribution in [2.24, 2.45) is 5.92 Å². The number of aromatic nitrogens is 1. The third kappa shape index (κ3) is 5.25. The summed E-state index contributed by atoms with van der Waals surface area (Å²) in [5.74, 6) is 0.161. The van der Waals surface area contributed by atoms with Crippen LogP contribution in [0.25, 0.3) is 10.9 Å². The summed E-state index contributed by atoms with van der Waals surface area (Å²) in [5, 5.41) is 4.85. The molecule has 0 saturated carbocycles. The summed E-state index contributed by atoms with van der Waals surface area (Å²) in [6.45, 7) is 9.85. The monoisotopic (exact) mass is 425 g/mol. The van der Waals surface area contributed by atoms with Gasteiger partial charge in [0.15, 0.2) is 5.11 Å². The molecule has 0 unspecified atom stereocenters. The molecular formula is C24H28FN3OS. The summed E-state index contributed by atoms with van der Waals surface area (Å²) in [6.07, 6.45) is 0. The lowest BCUT2D eigenvalue weighted by Crippen LogP contribution is -2.41. The van der Waals surface area contributed by atoms with Gasteiger partial charge in [0, 0.05) is 18.7 Å². The number of fused-ring (bicyclic) bond motifs is 1. The third-order valence-electron chi connectivity index (χ3n) is 5.22. The summed E-state index contributed by atoms with van der Waals surface area (Å²) in [5.41, 5.74) is 4.54. The Labute approximate surface area is 182 Å². The molecule has 1 aromatic heterocycles. The van der Waals surface area contributed by atoms with Crippen molar-refractivity contribution in [3.05, 3.63) is 80.9 Å². The maximum absolute atomic E-state index is 13.3. The Hall–Kier alpha value is -2.73. The van der Waals surface area contributed by atoms with Crippen LogP contribution in [0.1, 0.15) is 36.1 Å². The lowest BCUT2D eigenvalue weighted by Gasteiger charge is -2.26.